The molecule has 1 saturated heterocycles. The second-order valence-corrected chi connectivity index (χ2v) is 22.8. The second kappa shape index (κ2) is 26.4. The molecule has 11 unspecified atom stereocenters. The third kappa shape index (κ3) is 13.0. The van der Waals surface area contributed by atoms with Crippen molar-refractivity contribution in [3.8, 4) is 0 Å². The van der Waals surface area contributed by atoms with Crippen molar-refractivity contribution >= 4 is 41.5 Å². The molecule has 7 rings (SSSR count). The van der Waals surface area contributed by atoms with Crippen LogP contribution in [0.5, 0.6) is 0 Å². The molecule has 3 aliphatic carbocycles. The van der Waals surface area contributed by atoms with Crippen LogP contribution in [0.1, 0.15) is 184 Å². The first-order valence-corrected chi connectivity index (χ1v) is 28.4. The highest BCUT2D eigenvalue weighted by Gasteiger charge is 2.78. The van der Waals surface area contributed by atoms with Crippen LogP contribution in [0, 0.1) is 16.7 Å². The Kier molecular flexibility index (Phi) is 20.2. The zero-order valence-corrected chi connectivity index (χ0v) is 47.0. The van der Waals surface area contributed by atoms with Crippen LogP contribution < -0.4 is 5.32 Å². The number of amides is 1. The Bertz CT molecular complexity index is 2660. The summed E-state index contributed by atoms with van der Waals surface area (Å²) in [5, 5.41) is 29.2. The van der Waals surface area contributed by atoms with E-state index in [2.05, 4.69) is 12.2 Å². The fraction of sp³-hybridized carbons (Fsp3) is 0.571. The van der Waals surface area contributed by atoms with Gasteiger partial charge in [-0.2, -0.15) is 0 Å². The first kappa shape index (κ1) is 60.4. The summed E-state index contributed by atoms with van der Waals surface area (Å²) in [4.78, 5) is 100. The minimum absolute atomic E-state index is 0.00616. The summed E-state index contributed by atoms with van der Waals surface area (Å²) in [6, 6.07) is 23.4. The average Bonchev–Trinajstić information content (AvgIpc) is 2.71. The molecule has 1 heterocycles. The Morgan fingerprint density at radius 1 is 0.722 bits per heavy atom. The van der Waals surface area contributed by atoms with E-state index in [1.165, 1.54) is 64.0 Å². The van der Waals surface area contributed by atoms with E-state index < -0.39 is 119 Å². The lowest BCUT2D eigenvalue weighted by Crippen LogP contribution is -2.82. The molecular weight excluding hydrogens is 1010 g/mol. The van der Waals surface area contributed by atoms with Crippen molar-refractivity contribution in [2.45, 2.75) is 205 Å². The number of esters is 5. The van der Waals surface area contributed by atoms with Crippen LogP contribution in [0.15, 0.2) is 102 Å². The third-order valence-corrected chi connectivity index (χ3v) is 17.2. The molecule has 0 radical (unpaired) electrons. The lowest BCUT2D eigenvalue weighted by atomic mass is 9.44. The normalized spacial score (nSPS) is 27.5. The van der Waals surface area contributed by atoms with Gasteiger partial charge in [-0.1, -0.05) is 165 Å². The van der Waals surface area contributed by atoms with E-state index in [1.54, 1.807) is 99.6 Å². The quantitative estimate of drug-likeness (QED) is 0.0311. The monoisotopic (exact) mass is 1090 g/mol. The summed E-state index contributed by atoms with van der Waals surface area (Å²) in [7, 11) is 0. The van der Waals surface area contributed by atoms with Crippen molar-refractivity contribution in [2.24, 2.45) is 16.7 Å². The predicted octanol–water partition coefficient (Wildman–Crippen LogP) is 9.77. The molecule has 4 aliphatic rings. The number of hydrogen-bond acceptors (Lipinski definition) is 15. The van der Waals surface area contributed by atoms with Gasteiger partial charge in [-0.15, -0.1) is 0 Å². The number of ether oxygens (including phenoxy) is 6. The number of carbonyl (C=O) groups is 7. The molecule has 3 aromatic carbocycles. The van der Waals surface area contributed by atoms with Crippen LogP contribution in [0.3, 0.4) is 0 Å². The molecule has 3 aromatic rings. The number of aliphatic hydroxyl groups excluding tert-OH is 1. The Hall–Kier alpha value is -6.23. The van der Waals surface area contributed by atoms with Crippen molar-refractivity contribution in [1.29, 1.82) is 0 Å². The number of carbonyl (C=O) groups excluding carboxylic acids is 7. The van der Waals surface area contributed by atoms with E-state index in [0.29, 0.717) is 12.0 Å². The molecule has 3 N–H and O–H groups in total. The van der Waals surface area contributed by atoms with Gasteiger partial charge in [0.1, 0.15) is 30.0 Å². The topological polar surface area (TPSA) is 227 Å². The minimum atomic E-state index is -2.44. The molecule has 1 aliphatic heterocycles. The van der Waals surface area contributed by atoms with E-state index in [-0.39, 0.29) is 41.7 Å². The Morgan fingerprint density at radius 2 is 1.27 bits per heavy atom. The summed E-state index contributed by atoms with van der Waals surface area (Å²) in [6.07, 6.45) is 3.69. The van der Waals surface area contributed by atoms with Gasteiger partial charge in [0.25, 0.3) is 5.91 Å². The largest absolute Gasteiger partial charge is 0.455 e. The molecule has 428 valence electrons. The van der Waals surface area contributed by atoms with E-state index in [4.69, 9.17) is 28.4 Å². The summed E-state index contributed by atoms with van der Waals surface area (Å²) >= 11 is 0. The Morgan fingerprint density at radius 3 is 1.80 bits per heavy atom. The van der Waals surface area contributed by atoms with Gasteiger partial charge in [-0.3, -0.25) is 24.0 Å². The van der Waals surface area contributed by atoms with Crippen LogP contribution in [0.2, 0.25) is 0 Å². The highest BCUT2D eigenvalue weighted by molar-refractivity contribution is 5.96. The van der Waals surface area contributed by atoms with Gasteiger partial charge < -0.3 is 44.0 Å². The zero-order chi connectivity index (χ0) is 57.1. The standard InChI is InChI=1S/C63H81NO15/c1-8-9-10-11-12-13-14-15-16-17-18-19-29-36-49(68)77-53(51(43-30-23-20-24-31-43)64-57(70)44-32-25-21-26-33-44)59(72)76-46-38-63(73)56(78-58(71)45-34-27-22-28-35-45)54-61(7,47(67)37-48-62(54,39-74-48)79-42(4)66)55(69)52(75-41(3)65)50(40(46)2)60(63,5)6/h20-28,30-35,46-48,51-54,56,67,73H,8-19,29,36-39H2,1-7H3,(H,64,70). The molecule has 11 atom stereocenters. The first-order chi connectivity index (χ1) is 37.7. The minimum Gasteiger partial charge on any atom is -0.455 e. The molecule has 2 saturated carbocycles. The number of fused-ring (bicyclic) bond motifs is 5. The fourth-order valence-corrected chi connectivity index (χ4v) is 12.8. The number of ketones is 1. The van der Waals surface area contributed by atoms with Gasteiger partial charge in [0.05, 0.1) is 29.6 Å². The number of unbranched alkanes of at least 4 members (excludes halogenated alkanes) is 12. The van der Waals surface area contributed by atoms with E-state index in [0.717, 1.165) is 46.0 Å². The molecule has 3 fully saturated rings. The van der Waals surface area contributed by atoms with Crippen molar-refractivity contribution < 1.29 is 72.2 Å². The maximum absolute atomic E-state index is 15.8. The number of Topliss-reactive ketones (excluding diaryl/α,β-unsaturated/α-hetero) is 1. The molecule has 16 nitrogen and oxygen atoms in total. The number of rotatable bonds is 25. The summed E-state index contributed by atoms with van der Waals surface area (Å²) < 4.78 is 37.3. The van der Waals surface area contributed by atoms with Crippen molar-refractivity contribution in [1.82, 2.24) is 5.32 Å². The summed E-state index contributed by atoms with van der Waals surface area (Å²) in [5.74, 6) is -7.51. The smallest absolute Gasteiger partial charge is 0.350 e. The van der Waals surface area contributed by atoms with Crippen molar-refractivity contribution in [3.05, 3.63) is 119 Å². The number of nitrogens with one attached hydrogen (secondary N) is 1. The van der Waals surface area contributed by atoms with Crippen LogP contribution in [0.4, 0.5) is 0 Å². The number of hydrogen-bond donors (Lipinski definition) is 3. The highest BCUT2D eigenvalue weighted by Crippen LogP contribution is 2.64. The maximum atomic E-state index is 15.8. The molecule has 0 aromatic heterocycles. The van der Waals surface area contributed by atoms with Crippen LogP contribution in [-0.2, 0) is 52.4 Å². The predicted molar refractivity (Wildman–Crippen MR) is 292 cm³/mol. The fourth-order valence-electron chi connectivity index (χ4n) is 12.8. The molecular formula is C63H81NO15. The lowest BCUT2D eigenvalue weighted by molar-refractivity contribution is -0.346. The molecule has 2 bridgehead atoms. The van der Waals surface area contributed by atoms with Crippen LogP contribution >= 0.6 is 0 Å². The average molecular weight is 1090 g/mol. The van der Waals surface area contributed by atoms with Gasteiger partial charge in [-0.25, -0.2) is 9.59 Å². The van der Waals surface area contributed by atoms with E-state index in [9.17, 15) is 34.2 Å². The molecule has 0 spiro atoms. The van der Waals surface area contributed by atoms with Gasteiger partial charge >= 0.3 is 29.8 Å². The summed E-state index contributed by atoms with van der Waals surface area (Å²) in [6.45, 7) is 10.3. The number of aliphatic hydroxyl groups is 2. The van der Waals surface area contributed by atoms with Crippen molar-refractivity contribution in [2.75, 3.05) is 6.61 Å². The van der Waals surface area contributed by atoms with Crippen LogP contribution in [0.25, 0.3) is 0 Å². The molecule has 1 amide bonds. The van der Waals surface area contributed by atoms with Gasteiger partial charge in [0.2, 0.25) is 6.10 Å². The third-order valence-electron chi connectivity index (χ3n) is 17.2. The van der Waals surface area contributed by atoms with E-state index >= 15 is 9.59 Å². The lowest BCUT2D eigenvalue weighted by Gasteiger charge is -2.67. The number of benzene rings is 3. The van der Waals surface area contributed by atoms with Gasteiger partial charge in [0, 0.05) is 44.1 Å². The zero-order valence-electron chi connectivity index (χ0n) is 47.0. The molecule has 79 heavy (non-hydrogen) atoms. The maximum Gasteiger partial charge on any atom is 0.350 e. The Labute approximate surface area is 464 Å². The molecule has 16 heteroatoms. The Balaban J connectivity index is 1.27. The van der Waals surface area contributed by atoms with Gasteiger partial charge in [0.15, 0.2) is 17.5 Å². The highest BCUT2D eigenvalue weighted by atomic mass is 16.6. The SMILES string of the molecule is CCCCCCCCCCCCCCCC(=O)OC(C(=O)OC1CC2(O)C(OC(=O)c3ccccc3)C3C4(OC(C)=O)COC4CC(O)C3(C)C(=O)C(OC(C)=O)C(=C1C)C2(C)C)C(NC(=O)c1ccccc1)c1ccccc1. The van der Waals surface area contributed by atoms with Crippen LogP contribution in [-0.4, -0.2) is 106 Å². The van der Waals surface area contributed by atoms with Gasteiger partial charge in [-0.05, 0) is 61.2 Å². The second-order valence-electron chi connectivity index (χ2n) is 22.8. The van der Waals surface area contributed by atoms with Crippen molar-refractivity contribution in [3.63, 3.8) is 0 Å². The van der Waals surface area contributed by atoms with E-state index in [1.807, 2.05) is 0 Å². The first-order valence-electron chi connectivity index (χ1n) is 28.4. The summed E-state index contributed by atoms with van der Waals surface area (Å²) in [5.41, 5.74) is -7.15.